The minimum absolute atomic E-state index is 0.127. The molecule has 0 amide bonds. The molecule has 0 saturated carbocycles. The average molecular weight is 276 g/mol. The van der Waals surface area contributed by atoms with Crippen LogP contribution in [0.15, 0.2) is 24.3 Å². The lowest BCUT2D eigenvalue weighted by Gasteiger charge is -2.32. The van der Waals surface area contributed by atoms with Gasteiger partial charge < -0.3 is 14.4 Å². The van der Waals surface area contributed by atoms with Crippen molar-refractivity contribution < 1.29 is 14.4 Å². The average Bonchev–Trinajstić information content (AvgIpc) is 2.56. The van der Waals surface area contributed by atoms with E-state index in [4.69, 9.17) is 9.31 Å². The molecule has 20 heavy (non-hydrogen) atoms. The van der Waals surface area contributed by atoms with Crippen LogP contribution in [0.2, 0.25) is 5.82 Å². The van der Waals surface area contributed by atoms with Gasteiger partial charge in [0.2, 0.25) is 0 Å². The second-order valence-corrected chi connectivity index (χ2v) is 6.84. The number of aryl methyl sites for hydroxylation is 1. The summed E-state index contributed by atoms with van der Waals surface area (Å²) in [5, 5.41) is 10.6. The molecule has 0 radical (unpaired) electrons. The summed E-state index contributed by atoms with van der Waals surface area (Å²) in [6, 6.07) is 7.94. The van der Waals surface area contributed by atoms with E-state index in [0.29, 0.717) is 0 Å². The van der Waals surface area contributed by atoms with Gasteiger partial charge in [-0.05, 0) is 40.2 Å². The molecule has 2 rings (SSSR count). The molecule has 0 aromatic heterocycles. The standard InChI is InChI=1S/C16H25BO3/c1-11-8-7-9-13(10-11)14(18)12(2)17-19-15(3,4)16(5,6)20-17/h7-10,12,14,18H,1-6H3/t12-,14-/m1/s1. The van der Waals surface area contributed by atoms with Crippen molar-refractivity contribution >= 4 is 7.12 Å². The topological polar surface area (TPSA) is 38.7 Å². The largest absolute Gasteiger partial charge is 0.463 e. The lowest BCUT2D eigenvalue weighted by Crippen LogP contribution is -2.41. The fourth-order valence-corrected chi connectivity index (χ4v) is 2.41. The Morgan fingerprint density at radius 2 is 1.65 bits per heavy atom. The third-order valence-electron chi connectivity index (χ3n) is 4.58. The third-order valence-corrected chi connectivity index (χ3v) is 4.58. The molecular formula is C16H25BO3. The van der Waals surface area contributed by atoms with Gasteiger partial charge >= 0.3 is 7.12 Å². The Morgan fingerprint density at radius 1 is 1.10 bits per heavy atom. The minimum Gasteiger partial charge on any atom is -0.403 e. The number of benzene rings is 1. The van der Waals surface area contributed by atoms with Crippen molar-refractivity contribution in [3.63, 3.8) is 0 Å². The van der Waals surface area contributed by atoms with Crippen molar-refractivity contribution in [1.29, 1.82) is 0 Å². The van der Waals surface area contributed by atoms with Gasteiger partial charge in [-0.15, -0.1) is 0 Å². The fourth-order valence-electron chi connectivity index (χ4n) is 2.41. The first-order chi connectivity index (χ1) is 9.14. The van der Waals surface area contributed by atoms with E-state index in [9.17, 15) is 5.11 Å². The Labute approximate surface area is 122 Å². The van der Waals surface area contributed by atoms with Crippen LogP contribution >= 0.6 is 0 Å². The molecule has 4 heteroatoms. The molecular weight excluding hydrogens is 251 g/mol. The highest BCUT2D eigenvalue weighted by atomic mass is 16.7. The Kier molecular flexibility index (Phi) is 4.02. The van der Waals surface area contributed by atoms with Crippen molar-refractivity contribution in [3.05, 3.63) is 35.4 Å². The van der Waals surface area contributed by atoms with Gasteiger partial charge in [-0.25, -0.2) is 0 Å². The second kappa shape index (κ2) is 5.17. The molecule has 1 N–H and O–H groups in total. The minimum atomic E-state index is -0.593. The van der Waals surface area contributed by atoms with Crippen LogP contribution in [0, 0.1) is 6.92 Å². The zero-order chi connectivity index (χ0) is 15.1. The highest BCUT2D eigenvalue weighted by Crippen LogP contribution is 2.43. The van der Waals surface area contributed by atoms with Gasteiger partial charge in [0.1, 0.15) is 0 Å². The molecule has 0 spiro atoms. The third kappa shape index (κ3) is 2.78. The molecule has 1 aromatic rings. The maximum absolute atomic E-state index is 10.6. The van der Waals surface area contributed by atoms with Gasteiger partial charge in [-0.1, -0.05) is 36.8 Å². The van der Waals surface area contributed by atoms with Crippen LogP contribution in [-0.4, -0.2) is 23.4 Å². The molecule has 1 aliphatic rings. The summed E-state index contributed by atoms with van der Waals surface area (Å²) < 4.78 is 12.0. The zero-order valence-corrected chi connectivity index (χ0v) is 13.3. The van der Waals surface area contributed by atoms with Gasteiger partial charge in [-0.3, -0.25) is 0 Å². The number of hydrogen-bond donors (Lipinski definition) is 1. The molecule has 1 fully saturated rings. The summed E-state index contributed by atoms with van der Waals surface area (Å²) in [6.07, 6.45) is -0.593. The monoisotopic (exact) mass is 276 g/mol. The van der Waals surface area contributed by atoms with Gasteiger partial charge in [-0.2, -0.15) is 0 Å². The normalized spacial score (nSPS) is 23.6. The van der Waals surface area contributed by atoms with Gasteiger partial charge in [0.05, 0.1) is 17.3 Å². The van der Waals surface area contributed by atoms with Crippen LogP contribution in [0.25, 0.3) is 0 Å². The van der Waals surface area contributed by atoms with Crippen molar-refractivity contribution in [1.82, 2.24) is 0 Å². The van der Waals surface area contributed by atoms with E-state index in [1.165, 1.54) is 0 Å². The van der Waals surface area contributed by atoms with Crippen LogP contribution in [0.4, 0.5) is 0 Å². The first-order valence-electron chi connectivity index (χ1n) is 7.24. The Hall–Kier alpha value is -0.835. The maximum Gasteiger partial charge on any atom is 0.463 e. The second-order valence-electron chi connectivity index (χ2n) is 6.84. The molecule has 1 aromatic carbocycles. The van der Waals surface area contributed by atoms with Crippen molar-refractivity contribution in [3.8, 4) is 0 Å². The van der Waals surface area contributed by atoms with Crippen molar-refractivity contribution in [2.45, 2.75) is 64.7 Å². The molecule has 3 nitrogen and oxygen atoms in total. The lowest BCUT2D eigenvalue weighted by atomic mass is 9.68. The summed E-state index contributed by atoms with van der Waals surface area (Å²) >= 11 is 0. The molecule has 110 valence electrons. The van der Waals surface area contributed by atoms with Crippen LogP contribution in [-0.2, 0) is 9.31 Å². The molecule has 1 saturated heterocycles. The first-order valence-corrected chi connectivity index (χ1v) is 7.24. The molecule has 0 unspecified atom stereocenters. The van der Waals surface area contributed by atoms with Crippen LogP contribution in [0.5, 0.6) is 0 Å². The van der Waals surface area contributed by atoms with Gasteiger partial charge in [0.25, 0.3) is 0 Å². The summed E-state index contributed by atoms with van der Waals surface area (Å²) in [6.45, 7) is 12.1. The van der Waals surface area contributed by atoms with E-state index in [2.05, 4.69) is 0 Å². The molecule has 0 bridgehead atoms. The molecule has 0 aliphatic carbocycles. The number of hydrogen-bond acceptors (Lipinski definition) is 3. The van der Waals surface area contributed by atoms with E-state index in [-0.39, 0.29) is 17.0 Å². The number of aliphatic hydroxyl groups excluding tert-OH is 1. The number of aliphatic hydroxyl groups is 1. The summed E-state index contributed by atoms with van der Waals surface area (Å²) in [5.74, 6) is -0.127. The molecule has 1 aliphatic heterocycles. The quantitative estimate of drug-likeness (QED) is 0.858. The Balaban J connectivity index is 2.15. The van der Waals surface area contributed by atoms with Crippen LogP contribution in [0.3, 0.4) is 0 Å². The van der Waals surface area contributed by atoms with E-state index >= 15 is 0 Å². The predicted molar refractivity (Wildman–Crippen MR) is 81.6 cm³/mol. The summed E-state index contributed by atoms with van der Waals surface area (Å²) in [7, 11) is -0.393. The van der Waals surface area contributed by atoms with Crippen molar-refractivity contribution in [2.24, 2.45) is 0 Å². The molecule has 1 heterocycles. The predicted octanol–water partition coefficient (Wildman–Crippen LogP) is 3.51. The van der Waals surface area contributed by atoms with Crippen LogP contribution in [0.1, 0.15) is 51.8 Å². The Bertz CT molecular complexity index is 468. The van der Waals surface area contributed by atoms with Crippen LogP contribution < -0.4 is 0 Å². The van der Waals surface area contributed by atoms with Crippen molar-refractivity contribution in [2.75, 3.05) is 0 Å². The highest BCUT2D eigenvalue weighted by Gasteiger charge is 2.53. The van der Waals surface area contributed by atoms with E-state index in [0.717, 1.165) is 11.1 Å². The maximum atomic E-state index is 10.6. The van der Waals surface area contributed by atoms with E-state index in [1.54, 1.807) is 0 Å². The molecule has 2 atom stereocenters. The van der Waals surface area contributed by atoms with E-state index in [1.807, 2.05) is 65.8 Å². The highest BCUT2D eigenvalue weighted by molar-refractivity contribution is 6.47. The summed E-state index contributed by atoms with van der Waals surface area (Å²) in [4.78, 5) is 0. The first kappa shape index (κ1) is 15.6. The Morgan fingerprint density at radius 3 is 2.15 bits per heavy atom. The smallest absolute Gasteiger partial charge is 0.403 e. The SMILES string of the molecule is Cc1cccc([C@H](O)[C@@H](C)B2OC(C)(C)C(C)(C)O2)c1. The number of rotatable bonds is 3. The zero-order valence-electron chi connectivity index (χ0n) is 13.3. The van der Waals surface area contributed by atoms with E-state index < -0.39 is 13.2 Å². The fraction of sp³-hybridized carbons (Fsp3) is 0.625. The van der Waals surface area contributed by atoms with Gasteiger partial charge in [0.15, 0.2) is 0 Å². The van der Waals surface area contributed by atoms with Gasteiger partial charge in [0, 0.05) is 5.82 Å². The summed E-state index contributed by atoms with van der Waals surface area (Å²) in [5.41, 5.74) is 1.33. The lowest BCUT2D eigenvalue weighted by molar-refractivity contribution is 0.00578.